The number of nitrogen functional groups attached to an aromatic ring is 1. The lowest BCUT2D eigenvalue weighted by Crippen LogP contribution is -1.79. The third-order valence-corrected chi connectivity index (χ3v) is 1.34. The van der Waals surface area contributed by atoms with E-state index >= 15 is 0 Å². The van der Waals surface area contributed by atoms with Crippen molar-refractivity contribution < 1.29 is 4.42 Å². The fourth-order valence-electron chi connectivity index (χ4n) is 0.744. The Morgan fingerprint density at radius 1 is 0.769 bits per heavy atom. The molecule has 2 aromatic rings. The molecule has 0 unspecified atom stereocenters. The molecule has 13 heavy (non-hydrogen) atoms. The molecule has 0 bridgehead atoms. The standard InChI is InChI=1S/C6H7N.C5H5O/c7-6-4-2-1-3-5-6;1-2-4-6-5-3-1/h1-5H,7H2;1-5H/q;+1. The topological polar surface area (TPSA) is 37.3 Å². The quantitative estimate of drug-likeness (QED) is 0.492. The molecule has 2 nitrogen and oxygen atoms in total. The van der Waals surface area contributed by atoms with Gasteiger partial charge in [0, 0.05) is 17.8 Å². The van der Waals surface area contributed by atoms with Gasteiger partial charge in [-0.05, 0) is 18.2 Å². The summed E-state index contributed by atoms with van der Waals surface area (Å²) in [5.41, 5.74) is 6.18. The Kier molecular flexibility index (Phi) is 4.11. The van der Waals surface area contributed by atoms with Crippen LogP contribution in [0.1, 0.15) is 0 Å². The minimum Gasteiger partial charge on any atom is -0.399 e. The van der Waals surface area contributed by atoms with Gasteiger partial charge >= 0.3 is 12.5 Å². The molecule has 0 aliphatic rings. The van der Waals surface area contributed by atoms with Crippen molar-refractivity contribution in [3.05, 3.63) is 61.1 Å². The van der Waals surface area contributed by atoms with Crippen molar-refractivity contribution in [2.24, 2.45) is 0 Å². The lowest BCUT2D eigenvalue weighted by Gasteiger charge is -1.83. The van der Waals surface area contributed by atoms with Crippen molar-refractivity contribution in [2.75, 3.05) is 5.73 Å². The summed E-state index contributed by atoms with van der Waals surface area (Å²) in [6.45, 7) is 0. The van der Waals surface area contributed by atoms with Gasteiger partial charge < -0.3 is 5.73 Å². The van der Waals surface area contributed by atoms with Gasteiger partial charge in [-0.25, -0.2) is 4.42 Å². The smallest absolute Gasteiger partial charge is 0.317 e. The van der Waals surface area contributed by atoms with Crippen LogP contribution in [0, 0.1) is 0 Å². The Labute approximate surface area is 77.6 Å². The van der Waals surface area contributed by atoms with Crippen molar-refractivity contribution in [1.29, 1.82) is 0 Å². The van der Waals surface area contributed by atoms with E-state index in [2.05, 4.69) is 4.42 Å². The van der Waals surface area contributed by atoms with Gasteiger partial charge in [-0.3, -0.25) is 0 Å². The average Bonchev–Trinajstić information content (AvgIpc) is 2.22. The van der Waals surface area contributed by atoms with Gasteiger partial charge in [-0.15, -0.1) is 0 Å². The lowest BCUT2D eigenvalue weighted by molar-refractivity contribution is 0.550. The summed E-state index contributed by atoms with van der Waals surface area (Å²) in [6, 6.07) is 15.1. The molecule has 0 radical (unpaired) electrons. The van der Waals surface area contributed by atoms with Crippen LogP contribution >= 0.6 is 0 Å². The first-order valence-corrected chi connectivity index (χ1v) is 4.00. The Hall–Kier alpha value is -1.83. The zero-order valence-electron chi connectivity index (χ0n) is 7.26. The fourth-order valence-corrected chi connectivity index (χ4v) is 0.744. The molecule has 0 saturated heterocycles. The van der Waals surface area contributed by atoms with E-state index in [9.17, 15) is 0 Å². The third-order valence-electron chi connectivity index (χ3n) is 1.34. The highest BCUT2D eigenvalue weighted by Crippen LogP contribution is 1.95. The first-order valence-electron chi connectivity index (χ1n) is 4.00. The van der Waals surface area contributed by atoms with E-state index in [1.807, 2.05) is 48.5 Å². The molecule has 0 saturated carbocycles. The fraction of sp³-hybridized carbons (Fsp3) is 0. The van der Waals surface area contributed by atoms with E-state index in [0.29, 0.717) is 0 Å². The van der Waals surface area contributed by atoms with Gasteiger partial charge in [0.15, 0.2) is 0 Å². The van der Waals surface area contributed by atoms with E-state index in [1.54, 1.807) is 12.5 Å². The summed E-state index contributed by atoms with van der Waals surface area (Å²) >= 11 is 0. The second-order valence-corrected chi connectivity index (χ2v) is 2.40. The summed E-state index contributed by atoms with van der Waals surface area (Å²) in [7, 11) is 0. The molecule has 0 atom stereocenters. The van der Waals surface area contributed by atoms with Crippen molar-refractivity contribution in [1.82, 2.24) is 0 Å². The largest absolute Gasteiger partial charge is 0.399 e. The molecule has 1 aromatic carbocycles. The van der Waals surface area contributed by atoms with E-state index in [1.165, 1.54) is 0 Å². The molecule has 0 aliphatic carbocycles. The van der Waals surface area contributed by atoms with Gasteiger partial charge in [-0.1, -0.05) is 18.2 Å². The van der Waals surface area contributed by atoms with Crippen molar-refractivity contribution in [2.45, 2.75) is 0 Å². The van der Waals surface area contributed by atoms with Crippen LogP contribution in [0.2, 0.25) is 0 Å². The number of anilines is 1. The predicted molar refractivity (Wildman–Crippen MR) is 54.0 cm³/mol. The number of benzene rings is 1. The highest BCUT2D eigenvalue weighted by atomic mass is 16.3. The van der Waals surface area contributed by atoms with E-state index in [4.69, 9.17) is 5.73 Å². The molecule has 0 spiro atoms. The lowest BCUT2D eigenvalue weighted by atomic mass is 10.3. The SMILES string of the molecule is Nc1ccccc1.c1cc[o+]cc1. The number of nitrogens with two attached hydrogens (primary N) is 1. The van der Waals surface area contributed by atoms with Crippen LogP contribution in [-0.2, 0) is 0 Å². The summed E-state index contributed by atoms with van der Waals surface area (Å²) in [5.74, 6) is 0. The monoisotopic (exact) mass is 174 g/mol. The second kappa shape index (κ2) is 5.77. The zero-order chi connectivity index (χ0) is 9.36. The molecule has 1 aromatic heterocycles. The van der Waals surface area contributed by atoms with Crippen molar-refractivity contribution >= 4 is 5.69 Å². The summed E-state index contributed by atoms with van der Waals surface area (Å²) in [5, 5.41) is 0. The maximum Gasteiger partial charge on any atom is 0.317 e. The van der Waals surface area contributed by atoms with Crippen LogP contribution in [0.25, 0.3) is 0 Å². The first kappa shape index (κ1) is 9.26. The maximum absolute atomic E-state index is 5.36. The number of rotatable bonds is 0. The molecule has 0 amide bonds. The van der Waals surface area contributed by atoms with Crippen LogP contribution in [0.4, 0.5) is 5.69 Å². The van der Waals surface area contributed by atoms with Crippen LogP contribution in [0.15, 0.2) is 65.5 Å². The number of para-hydroxylation sites is 1. The Morgan fingerprint density at radius 3 is 1.54 bits per heavy atom. The molecule has 2 rings (SSSR count). The normalized spacial score (nSPS) is 8.31. The maximum atomic E-state index is 5.36. The summed E-state index contributed by atoms with van der Waals surface area (Å²) in [4.78, 5) is 0. The molecular weight excluding hydrogens is 162 g/mol. The van der Waals surface area contributed by atoms with Crippen LogP contribution in [-0.4, -0.2) is 0 Å². The molecule has 1 heterocycles. The third kappa shape index (κ3) is 4.58. The van der Waals surface area contributed by atoms with Gasteiger partial charge in [0.25, 0.3) is 0 Å². The first-order chi connectivity index (χ1) is 6.39. The highest BCUT2D eigenvalue weighted by molar-refractivity contribution is 5.35. The van der Waals surface area contributed by atoms with Gasteiger partial charge in [0.1, 0.15) is 0 Å². The minimum atomic E-state index is 0.822. The molecule has 2 N–H and O–H groups in total. The van der Waals surface area contributed by atoms with Gasteiger partial charge in [0.05, 0.1) is 0 Å². The van der Waals surface area contributed by atoms with E-state index < -0.39 is 0 Å². The van der Waals surface area contributed by atoms with Crippen LogP contribution in [0.3, 0.4) is 0 Å². The van der Waals surface area contributed by atoms with E-state index in [-0.39, 0.29) is 0 Å². The van der Waals surface area contributed by atoms with E-state index in [0.717, 1.165) is 5.69 Å². The molecule has 66 valence electrons. The summed E-state index contributed by atoms with van der Waals surface area (Å²) in [6.07, 6.45) is 3.25. The molecule has 2 heteroatoms. The number of hydrogen-bond acceptors (Lipinski definition) is 1. The zero-order valence-corrected chi connectivity index (χ0v) is 7.26. The van der Waals surface area contributed by atoms with Crippen LogP contribution < -0.4 is 5.73 Å². The number of hydrogen-bond donors (Lipinski definition) is 1. The Bertz CT molecular complexity index is 281. The average molecular weight is 174 g/mol. The molecular formula is C11H12NO+. The summed E-state index contributed by atoms with van der Waals surface area (Å²) < 4.78 is 4.68. The van der Waals surface area contributed by atoms with Gasteiger partial charge in [0.2, 0.25) is 0 Å². The highest BCUT2D eigenvalue weighted by Gasteiger charge is 1.73. The molecule has 0 aliphatic heterocycles. The minimum absolute atomic E-state index is 0.822. The van der Waals surface area contributed by atoms with Gasteiger partial charge in [-0.2, -0.15) is 0 Å². The Morgan fingerprint density at radius 2 is 1.31 bits per heavy atom. The molecule has 0 fully saturated rings. The van der Waals surface area contributed by atoms with Crippen LogP contribution in [0.5, 0.6) is 0 Å². The van der Waals surface area contributed by atoms with Crippen molar-refractivity contribution in [3.63, 3.8) is 0 Å². The second-order valence-electron chi connectivity index (χ2n) is 2.40. The predicted octanol–water partition coefficient (Wildman–Crippen LogP) is 2.83. The Balaban J connectivity index is 0.000000132. The van der Waals surface area contributed by atoms with Crippen molar-refractivity contribution in [3.8, 4) is 0 Å².